The van der Waals surface area contributed by atoms with Gasteiger partial charge in [-0.25, -0.2) is 4.79 Å². The van der Waals surface area contributed by atoms with Crippen molar-refractivity contribution in [3.8, 4) is 5.75 Å². The summed E-state index contributed by atoms with van der Waals surface area (Å²) in [4.78, 5) is 24.4. The molecule has 0 atom stereocenters. The lowest BCUT2D eigenvalue weighted by atomic mass is 10.1. The number of nitrogens with one attached hydrogen (secondary N) is 1. The van der Waals surface area contributed by atoms with Gasteiger partial charge < -0.3 is 14.8 Å². The van der Waals surface area contributed by atoms with Gasteiger partial charge in [0.1, 0.15) is 12.4 Å². The number of ether oxygens (including phenoxy) is 2. The number of benzene rings is 3. The maximum atomic E-state index is 12.6. The molecule has 148 valence electrons. The summed E-state index contributed by atoms with van der Waals surface area (Å²) in [5.74, 6) is -0.189. The van der Waals surface area contributed by atoms with Gasteiger partial charge in [0.05, 0.1) is 12.2 Å². The number of amides is 1. The molecular weight excluding hydrogens is 390 g/mol. The summed E-state index contributed by atoms with van der Waals surface area (Å²) >= 11 is 6.14. The molecule has 1 N–H and O–H groups in total. The van der Waals surface area contributed by atoms with Gasteiger partial charge in [0.2, 0.25) is 0 Å². The lowest BCUT2D eigenvalue weighted by Crippen LogP contribution is -2.13. The Morgan fingerprint density at radius 1 is 0.931 bits per heavy atom. The molecule has 0 heterocycles. The van der Waals surface area contributed by atoms with Crippen molar-refractivity contribution >= 4 is 29.2 Å². The number of halogens is 1. The van der Waals surface area contributed by atoms with Gasteiger partial charge in [-0.2, -0.15) is 0 Å². The van der Waals surface area contributed by atoms with E-state index in [0.717, 1.165) is 5.56 Å². The molecule has 0 unspecified atom stereocenters. The lowest BCUT2D eigenvalue weighted by molar-refractivity contribution is 0.0526. The minimum absolute atomic E-state index is 0.288. The van der Waals surface area contributed by atoms with E-state index < -0.39 is 5.97 Å². The second-order valence-electron chi connectivity index (χ2n) is 6.16. The summed E-state index contributed by atoms with van der Waals surface area (Å²) in [6.45, 7) is 2.33. The van der Waals surface area contributed by atoms with Crippen LogP contribution in [0.1, 0.15) is 33.2 Å². The zero-order chi connectivity index (χ0) is 20.6. The van der Waals surface area contributed by atoms with Gasteiger partial charge in [0, 0.05) is 21.8 Å². The molecule has 1 amide bonds. The molecule has 0 aliphatic rings. The van der Waals surface area contributed by atoms with Crippen LogP contribution in [0.5, 0.6) is 5.75 Å². The van der Waals surface area contributed by atoms with Gasteiger partial charge in [-0.05, 0) is 49.4 Å². The van der Waals surface area contributed by atoms with E-state index >= 15 is 0 Å². The maximum absolute atomic E-state index is 12.6. The third kappa shape index (κ3) is 5.59. The summed E-state index contributed by atoms with van der Waals surface area (Å²) in [5, 5.41) is 3.41. The summed E-state index contributed by atoms with van der Waals surface area (Å²) in [5.41, 5.74) is 2.17. The van der Waals surface area contributed by atoms with Crippen molar-refractivity contribution in [2.75, 3.05) is 11.9 Å². The highest BCUT2D eigenvalue weighted by molar-refractivity contribution is 6.31. The van der Waals surface area contributed by atoms with Crippen molar-refractivity contribution < 1.29 is 19.1 Å². The van der Waals surface area contributed by atoms with Crippen LogP contribution in [0.15, 0.2) is 72.8 Å². The molecule has 0 aromatic heterocycles. The number of hydrogen-bond acceptors (Lipinski definition) is 4. The summed E-state index contributed by atoms with van der Waals surface area (Å²) in [6, 6.07) is 20.9. The van der Waals surface area contributed by atoms with Crippen LogP contribution in [0, 0.1) is 0 Å². The van der Waals surface area contributed by atoms with Crippen molar-refractivity contribution in [1.29, 1.82) is 0 Å². The van der Waals surface area contributed by atoms with Crippen LogP contribution in [0.4, 0.5) is 5.69 Å². The van der Waals surface area contributed by atoms with Crippen LogP contribution in [-0.2, 0) is 11.3 Å². The molecule has 0 bridgehead atoms. The van der Waals surface area contributed by atoms with Gasteiger partial charge in [0.25, 0.3) is 5.91 Å². The van der Waals surface area contributed by atoms with Crippen LogP contribution < -0.4 is 10.1 Å². The number of hydrogen-bond donors (Lipinski definition) is 1. The maximum Gasteiger partial charge on any atom is 0.338 e. The predicted octanol–water partition coefficient (Wildman–Crippen LogP) is 5.35. The number of carbonyl (C=O) groups is 2. The first-order valence-corrected chi connectivity index (χ1v) is 9.49. The van der Waals surface area contributed by atoms with Crippen molar-refractivity contribution in [2.24, 2.45) is 0 Å². The summed E-state index contributed by atoms with van der Waals surface area (Å²) in [6.07, 6.45) is 0. The minimum Gasteiger partial charge on any atom is -0.489 e. The Bertz CT molecular complexity index is 1020. The van der Waals surface area contributed by atoms with E-state index in [1.165, 1.54) is 0 Å². The Morgan fingerprint density at radius 2 is 1.69 bits per heavy atom. The average molecular weight is 410 g/mol. The van der Waals surface area contributed by atoms with E-state index in [4.69, 9.17) is 21.1 Å². The summed E-state index contributed by atoms with van der Waals surface area (Å²) < 4.78 is 10.7. The van der Waals surface area contributed by atoms with Gasteiger partial charge >= 0.3 is 5.97 Å². The number of rotatable bonds is 7. The van der Waals surface area contributed by atoms with Crippen molar-refractivity contribution in [3.05, 3.63) is 94.5 Å². The lowest BCUT2D eigenvalue weighted by Gasteiger charge is -2.10. The standard InChI is InChI=1S/C23H20ClNO4/c1-2-28-23(27)17-9-5-10-19(13-17)25-22(26)16-8-6-11-20(14-16)29-15-18-7-3-4-12-21(18)24/h3-14H,2,15H2,1H3,(H,25,26). The van der Waals surface area contributed by atoms with Crippen LogP contribution in [-0.4, -0.2) is 18.5 Å². The number of carbonyl (C=O) groups excluding carboxylic acids is 2. The molecule has 0 fully saturated rings. The largest absolute Gasteiger partial charge is 0.489 e. The van der Waals surface area contributed by atoms with E-state index in [0.29, 0.717) is 34.2 Å². The molecule has 0 radical (unpaired) electrons. The minimum atomic E-state index is -0.432. The molecule has 0 aliphatic carbocycles. The highest BCUT2D eigenvalue weighted by Crippen LogP contribution is 2.20. The Morgan fingerprint density at radius 3 is 2.48 bits per heavy atom. The molecule has 29 heavy (non-hydrogen) atoms. The Labute approximate surface area is 174 Å². The molecule has 0 saturated heterocycles. The van der Waals surface area contributed by atoms with E-state index in [1.54, 1.807) is 61.5 Å². The van der Waals surface area contributed by atoms with Crippen LogP contribution in [0.3, 0.4) is 0 Å². The monoisotopic (exact) mass is 409 g/mol. The summed E-state index contributed by atoms with van der Waals surface area (Å²) in [7, 11) is 0. The molecule has 3 aromatic rings. The zero-order valence-corrected chi connectivity index (χ0v) is 16.6. The highest BCUT2D eigenvalue weighted by Gasteiger charge is 2.11. The normalized spacial score (nSPS) is 10.3. The molecule has 6 heteroatoms. The van der Waals surface area contributed by atoms with Gasteiger partial charge in [-0.3, -0.25) is 4.79 Å². The van der Waals surface area contributed by atoms with E-state index in [9.17, 15) is 9.59 Å². The van der Waals surface area contributed by atoms with Crippen LogP contribution >= 0.6 is 11.6 Å². The first-order chi connectivity index (χ1) is 14.1. The van der Waals surface area contributed by atoms with Crippen LogP contribution in [0.25, 0.3) is 0 Å². The predicted molar refractivity (Wildman–Crippen MR) is 113 cm³/mol. The molecule has 0 spiro atoms. The van der Waals surface area contributed by atoms with Crippen molar-refractivity contribution in [2.45, 2.75) is 13.5 Å². The fourth-order valence-corrected chi connectivity index (χ4v) is 2.84. The molecule has 0 saturated carbocycles. The third-order valence-corrected chi connectivity index (χ3v) is 4.45. The topological polar surface area (TPSA) is 64.6 Å². The quantitative estimate of drug-likeness (QED) is 0.534. The Kier molecular flexibility index (Phi) is 6.87. The molecular formula is C23H20ClNO4. The van der Waals surface area contributed by atoms with Crippen molar-refractivity contribution in [3.63, 3.8) is 0 Å². The fraction of sp³-hybridized carbons (Fsp3) is 0.130. The fourth-order valence-electron chi connectivity index (χ4n) is 2.65. The SMILES string of the molecule is CCOC(=O)c1cccc(NC(=O)c2cccc(OCc3ccccc3Cl)c2)c1. The van der Waals surface area contributed by atoms with Crippen molar-refractivity contribution in [1.82, 2.24) is 0 Å². The van der Waals surface area contributed by atoms with Gasteiger partial charge in [0.15, 0.2) is 0 Å². The molecule has 5 nitrogen and oxygen atoms in total. The zero-order valence-electron chi connectivity index (χ0n) is 15.9. The van der Waals surface area contributed by atoms with Crippen LogP contribution in [0.2, 0.25) is 5.02 Å². The highest BCUT2D eigenvalue weighted by atomic mass is 35.5. The second kappa shape index (κ2) is 9.75. The molecule has 0 aliphatic heterocycles. The smallest absolute Gasteiger partial charge is 0.338 e. The Balaban J connectivity index is 1.67. The Hall–Kier alpha value is -3.31. The average Bonchev–Trinajstić information content (AvgIpc) is 2.74. The van der Waals surface area contributed by atoms with Gasteiger partial charge in [-0.1, -0.05) is 41.9 Å². The van der Waals surface area contributed by atoms with E-state index in [-0.39, 0.29) is 12.5 Å². The third-order valence-electron chi connectivity index (χ3n) is 4.08. The van der Waals surface area contributed by atoms with E-state index in [1.807, 2.05) is 18.2 Å². The number of anilines is 1. The van der Waals surface area contributed by atoms with Gasteiger partial charge in [-0.15, -0.1) is 0 Å². The molecule has 3 rings (SSSR count). The number of esters is 1. The second-order valence-corrected chi connectivity index (χ2v) is 6.57. The first-order valence-electron chi connectivity index (χ1n) is 9.11. The first kappa shape index (κ1) is 20.4. The molecule has 3 aromatic carbocycles. The van der Waals surface area contributed by atoms with E-state index in [2.05, 4.69) is 5.32 Å².